The van der Waals surface area contributed by atoms with Gasteiger partial charge in [0.15, 0.2) is 0 Å². The number of halogens is 1. The summed E-state index contributed by atoms with van der Waals surface area (Å²) in [5, 5.41) is 20.3. The maximum Gasteiger partial charge on any atom is 0.119 e. The van der Waals surface area contributed by atoms with Crippen LogP contribution in [0.4, 0.5) is 0 Å². The average Bonchev–Trinajstić information content (AvgIpc) is 3.38. The van der Waals surface area contributed by atoms with Gasteiger partial charge in [-0.15, -0.1) is 0 Å². The molecule has 0 amide bonds. The van der Waals surface area contributed by atoms with Crippen molar-refractivity contribution in [1.82, 2.24) is 0 Å². The smallest absolute Gasteiger partial charge is 0.119 e. The predicted octanol–water partition coefficient (Wildman–Crippen LogP) is 5.46. The first-order valence-electron chi connectivity index (χ1n) is 12.1. The predicted molar refractivity (Wildman–Crippen MR) is 125 cm³/mol. The van der Waals surface area contributed by atoms with Crippen LogP contribution in [0.25, 0.3) is 0 Å². The van der Waals surface area contributed by atoms with Gasteiger partial charge in [-0.2, -0.15) is 0 Å². The molecule has 2 saturated carbocycles. The zero-order chi connectivity index (χ0) is 22.1. The first-order chi connectivity index (χ1) is 15.6. The Balaban J connectivity index is 1.23. The van der Waals surface area contributed by atoms with Crippen LogP contribution in [0.5, 0.6) is 5.75 Å². The van der Waals surface area contributed by atoms with Crippen LogP contribution in [0.15, 0.2) is 42.5 Å². The van der Waals surface area contributed by atoms with Crippen molar-refractivity contribution in [1.29, 1.82) is 0 Å². The molecular formula is C27H33ClO4. The van der Waals surface area contributed by atoms with E-state index in [1.807, 2.05) is 12.1 Å². The third-order valence-electron chi connectivity index (χ3n) is 7.59. The highest BCUT2D eigenvalue weighted by Crippen LogP contribution is 2.45. The van der Waals surface area contributed by atoms with Crippen molar-refractivity contribution in [3.8, 4) is 5.75 Å². The second-order valence-electron chi connectivity index (χ2n) is 9.89. The molecule has 0 aromatic heterocycles. The maximum absolute atomic E-state index is 10.1. The summed E-state index contributed by atoms with van der Waals surface area (Å²) >= 11 is 6.51. The maximum atomic E-state index is 10.1. The van der Waals surface area contributed by atoms with E-state index in [1.165, 1.54) is 37.7 Å². The summed E-state index contributed by atoms with van der Waals surface area (Å²) in [6.07, 6.45) is 7.68. The Morgan fingerprint density at radius 3 is 2.44 bits per heavy atom. The van der Waals surface area contributed by atoms with Crippen LogP contribution in [0.2, 0.25) is 5.02 Å². The van der Waals surface area contributed by atoms with Crippen LogP contribution in [0, 0.1) is 11.8 Å². The Hall–Kier alpha value is -1.59. The van der Waals surface area contributed by atoms with Crippen LogP contribution in [0.1, 0.15) is 67.7 Å². The molecule has 3 aliphatic rings. The zero-order valence-electron chi connectivity index (χ0n) is 18.5. The minimum absolute atomic E-state index is 0.0788. The van der Waals surface area contributed by atoms with E-state index < -0.39 is 6.10 Å². The van der Waals surface area contributed by atoms with Gasteiger partial charge in [0.25, 0.3) is 0 Å². The number of fused-ring (bicyclic) bond motifs is 1. The Morgan fingerprint density at radius 2 is 1.72 bits per heavy atom. The van der Waals surface area contributed by atoms with Crippen molar-refractivity contribution in [3.63, 3.8) is 0 Å². The monoisotopic (exact) mass is 456 g/mol. The van der Waals surface area contributed by atoms with E-state index in [2.05, 4.69) is 30.3 Å². The average molecular weight is 457 g/mol. The van der Waals surface area contributed by atoms with Crippen LogP contribution < -0.4 is 4.74 Å². The molecule has 2 aromatic rings. The van der Waals surface area contributed by atoms with E-state index in [-0.39, 0.29) is 18.8 Å². The largest absolute Gasteiger partial charge is 0.490 e. The lowest BCUT2D eigenvalue weighted by atomic mass is 9.94. The van der Waals surface area contributed by atoms with Gasteiger partial charge in [0.05, 0.1) is 31.0 Å². The molecule has 0 spiro atoms. The first kappa shape index (κ1) is 22.2. The molecule has 3 fully saturated rings. The first-order valence-corrected chi connectivity index (χ1v) is 12.4. The van der Waals surface area contributed by atoms with Gasteiger partial charge in [-0.1, -0.05) is 55.1 Å². The molecule has 5 rings (SSSR count). The second kappa shape index (κ2) is 9.72. The Morgan fingerprint density at radius 1 is 0.969 bits per heavy atom. The summed E-state index contributed by atoms with van der Waals surface area (Å²) in [6, 6.07) is 14.3. The van der Waals surface area contributed by atoms with E-state index in [0.29, 0.717) is 18.9 Å². The van der Waals surface area contributed by atoms with Crippen LogP contribution in [-0.4, -0.2) is 35.1 Å². The third-order valence-corrected chi connectivity index (χ3v) is 7.96. The highest BCUT2D eigenvalue weighted by Gasteiger charge is 2.38. The number of hydrogen-bond acceptors (Lipinski definition) is 4. The van der Waals surface area contributed by atoms with Crippen molar-refractivity contribution in [2.45, 2.75) is 75.8 Å². The minimum Gasteiger partial charge on any atom is -0.490 e. The lowest BCUT2D eigenvalue weighted by Crippen LogP contribution is -2.33. The standard InChI is InChI=1S/C27H33ClO4/c28-26-9-6-20(27-15-22(30)14-25(16-29)32-27)11-21(26)10-17-4-7-23(8-5-17)31-24-12-18-2-1-3-19(18)13-24/h4-9,11,18-19,22,24-25,27,29-30H,1-3,10,12-16H2/t18?,19?,22-,24?,25-,27?/m0/s1. The molecule has 2 aromatic carbocycles. The molecule has 0 bridgehead atoms. The molecule has 172 valence electrons. The van der Waals surface area contributed by atoms with Gasteiger partial charge >= 0.3 is 0 Å². The number of rotatable bonds is 6. The van der Waals surface area contributed by atoms with Crippen molar-refractivity contribution < 1.29 is 19.7 Å². The summed E-state index contributed by atoms with van der Waals surface area (Å²) in [4.78, 5) is 0. The van der Waals surface area contributed by atoms with Crippen LogP contribution >= 0.6 is 11.6 Å². The molecule has 3 unspecified atom stereocenters. The van der Waals surface area contributed by atoms with Gasteiger partial charge < -0.3 is 19.7 Å². The molecule has 32 heavy (non-hydrogen) atoms. The fraction of sp³-hybridized carbons (Fsp3) is 0.556. The molecule has 1 saturated heterocycles. The fourth-order valence-corrected chi connectivity index (χ4v) is 6.14. The number of aliphatic hydroxyl groups is 2. The summed E-state index contributed by atoms with van der Waals surface area (Å²) in [5.41, 5.74) is 3.21. The summed E-state index contributed by atoms with van der Waals surface area (Å²) in [6.45, 7) is -0.0788. The van der Waals surface area contributed by atoms with E-state index in [1.54, 1.807) is 0 Å². The van der Waals surface area contributed by atoms with Crippen LogP contribution in [0.3, 0.4) is 0 Å². The number of aliphatic hydroxyl groups excluding tert-OH is 2. The highest BCUT2D eigenvalue weighted by molar-refractivity contribution is 6.31. The number of benzene rings is 2. The molecule has 0 radical (unpaired) electrons. The lowest BCUT2D eigenvalue weighted by molar-refractivity contribution is -0.113. The van der Waals surface area contributed by atoms with E-state index in [9.17, 15) is 10.2 Å². The van der Waals surface area contributed by atoms with Gasteiger partial charge in [-0.25, -0.2) is 0 Å². The van der Waals surface area contributed by atoms with Crippen molar-refractivity contribution in [3.05, 3.63) is 64.2 Å². The Labute approximate surface area is 195 Å². The normalized spacial score (nSPS) is 32.1. The van der Waals surface area contributed by atoms with Crippen molar-refractivity contribution >= 4 is 11.6 Å². The quantitative estimate of drug-likeness (QED) is 0.605. The van der Waals surface area contributed by atoms with Gasteiger partial charge in [0, 0.05) is 17.9 Å². The number of ether oxygens (including phenoxy) is 2. The number of hydrogen-bond donors (Lipinski definition) is 2. The van der Waals surface area contributed by atoms with E-state index in [0.717, 1.165) is 40.2 Å². The van der Waals surface area contributed by atoms with Gasteiger partial charge in [0.2, 0.25) is 0 Å². The molecule has 4 nitrogen and oxygen atoms in total. The SMILES string of the molecule is OC[C@@H]1C[C@H](O)CC(c2ccc(Cl)c(Cc3ccc(OC4CC5CCCC5C4)cc3)c2)O1. The van der Waals surface area contributed by atoms with Gasteiger partial charge in [-0.3, -0.25) is 0 Å². The molecule has 5 atom stereocenters. The molecule has 2 aliphatic carbocycles. The van der Waals surface area contributed by atoms with Gasteiger partial charge in [0.1, 0.15) is 5.75 Å². The van der Waals surface area contributed by atoms with Gasteiger partial charge in [-0.05, 0) is 66.0 Å². The van der Waals surface area contributed by atoms with Crippen molar-refractivity contribution in [2.75, 3.05) is 6.61 Å². The van der Waals surface area contributed by atoms with Crippen LogP contribution in [-0.2, 0) is 11.2 Å². The summed E-state index contributed by atoms with van der Waals surface area (Å²) < 4.78 is 12.3. The second-order valence-corrected chi connectivity index (χ2v) is 10.3. The molecule has 1 heterocycles. The Kier molecular flexibility index (Phi) is 6.75. The zero-order valence-corrected chi connectivity index (χ0v) is 19.2. The third kappa shape index (κ3) is 4.99. The molecular weight excluding hydrogens is 424 g/mol. The lowest BCUT2D eigenvalue weighted by Gasteiger charge is -2.32. The topological polar surface area (TPSA) is 58.9 Å². The van der Waals surface area contributed by atoms with E-state index >= 15 is 0 Å². The molecule has 1 aliphatic heterocycles. The summed E-state index contributed by atoms with van der Waals surface area (Å²) in [5.74, 6) is 2.73. The minimum atomic E-state index is -0.461. The molecule has 2 N–H and O–H groups in total. The van der Waals surface area contributed by atoms with Crippen molar-refractivity contribution in [2.24, 2.45) is 11.8 Å². The fourth-order valence-electron chi connectivity index (χ4n) is 5.95. The Bertz CT molecular complexity index is 902. The molecule has 5 heteroatoms. The van der Waals surface area contributed by atoms with E-state index in [4.69, 9.17) is 21.1 Å². The highest BCUT2D eigenvalue weighted by atomic mass is 35.5. The summed E-state index contributed by atoms with van der Waals surface area (Å²) in [7, 11) is 0.